The second kappa shape index (κ2) is 6.02. The molecule has 2 aromatic rings. The number of halogens is 3. The van der Waals surface area contributed by atoms with Crippen LogP contribution in [0, 0.1) is 0 Å². The molecule has 0 aromatic carbocycles. The Bertz CT molecular complexity index is 643. The Labute approximate surface area is 125 Å². The summed E-state index contributed by atoms with van der Waals surface area (Å²) >= 11 is 0. The molecule has 1 atom stereocenters. The Morgan fingerprint density at radius 2 is 2.09 bits per heavy atom. The van der Waals surface area contributed by atoms with Gasteiger partial charge in [0.25, 0.3) is 0 Å². The smallest absolute Gasteiger partial charge is 0.373 e. The normalized spacial score (nSPS) is 18.0. The van der Waals surface area contributed by atoms with E-state index in [1.54, 1.807) is 6.20 Å². The highest BCUT2D eigenvalue weighted by Crippen LogP contribution is 2.28. The number of alkyl halides is 3. The molecule has 0 aliphatic carbocycles. The summed E-state index contributed by atoms with van der Waals surface area (Å²) in [6.45, 7) is 1.34. The Morgan fingerprint density at radius 3 is 2.82 bits per heavy atom. The van der Waals surface area contributed by atoms with E-state index in [-0.39, 0.29) is 6.04 Å². The molecule has 1 N–H and O–H groups in total. The monoisotopic (exact) mass is 309 g/mol. The Kier molecular flexibility index (Phi) is 4.08. The standard InChI is InChI=1S/C15H14F3N3O/c16-15(17,18)10-3-4-11(20-6-10)7-21-14-9-22-8-13-12(14)2-1-5-19-13/h1-6,14,21H,7-9H2. The van der Waals surface area contributed by atoms with Crippen molar-refractivity contribution in [3.63, 3.8) is 0 Å². The first-order valence-electron chi connectivity index (χ1n) is 6.81. The van der Waals surface area contributed by atoms with Crippen LogP contribution < -0.4 is 5.32 Å². The van der Waals surface area contributed by atoms with Gasteiger partial charge in [0.15, 0.2) is 0 Å². The summed E-state index contributed by atoms with van der Waals surface area (Å²) in [5.74, 6) is 0. The van der Waals surface area contributed by atoms with Crippen LogP contribution >= 0.6 is 0 Å². The molecule has 3 heterocycles. The van der Waals surface area contributed by atoms with E-state index >= 15 is 0 Å². The van der Waals surface area contributed by atoms with Crippen molar-refractivity contribution in [1.82, 2.24) is 15.3 Å². The van der Waals surface area contributed by atoms with Crippen molar-refractivity contribution >= 4 is 0 Å². The van der Waals surface area contributed by atoms with Crippen LogP contribution in [-0.2, 0) is 24.1 Å². The Balaban J connectivity index is 1.66. The molecule has 0 bridgehead atoms. The lowest BCUT2D eigenvalue weighted by atomic mass is 10.0. The van der Waals surface area contributed by atoms with E-state index in [0.717, 1.165) is 23.5 Å². The maximum Gasteiger partial charge on any atom is 0.417 e. The van der Waals surface area contributed by atoms with Crippen LogP contribution in [0.3, 0.4) is 0 Å². The topological polar surface area (TPSA) is 47.0 Å². The van der Waals surface area contributed by atoms with E-state index in [4.69, 9.17) is 4.74 Å². The number of rotatable bonds is 3. The van der Waals surface area contributed by atoms with Crippen LogP contribution in [0.2, 0.25) is 0 Å². The molecule has 22 heavy (non-hydrogen) atoms. The van der Waals surface area contributed by atoms with Gasteiger partial charge in [-0.2, -0.15) is 13.2 Å². The van der Waals surface area contributed by atoms with Crippen LogP contribution in [0.5, 0.6) is 0 Å². The molecule has 0 saturated carbocycles. The third kappa shape index (κ3) is 3.26. The van der Waals surface area contributed by atoms with Gasteiger partial charge in [0.05, 0.1) is 36.2 Å². The summed E-state index contributed by atoms with van der Waals surface area (Å²) in [5.41, 5.74) is 1.74. The summed E-state index contributed by atoms with van der Waals surface area (Å²) in [5, 5.41) is 3.24. The first-order chi connectivity index (χ1) is 10.5. The lowest BCUT2D eigenvalue weighted by molar-refractivity contribution is -0.137. The minimum atomic E-state index is -4.36. The van der Waals surface area contributed by atoms with E-state index in [1.807, 2.05) is 12.1 Å². The summed E-state index contributed by atoms with van der Waals surface area (Å²) in [6.07, 6.45) is -1.80. The summed E-state index contributed by atoms with van der Waals surface area (Å²) < 4.78 is 42.9. The summed E-state index contributed by atoms with van der Waals surface area (Å²) in [6, 6.07) is 6.21. The van der Waals surface area contributed by atoms with Crippen molar-refractivity contribution in [2.75, 3.05) is 6.61 Å². The van der Waals surface area contributed by atoms with Gasteiger partial charge in [-0.1, -0.05) is 6.07 Å². The number of aromatic nitrogens is 2. The van der Waals surface area contributed by atoms with E-state index in [1.165, 1.54) is 6.07 Å². The minimum Gasteiger partial charge on any atom is -0.373 e. The fraction of sp³-hybridized carbons (Fsp3) is 0.333. The average molecular weight is 309 g/mol. The Hall–Kier alpha value is -1.99. The second-order valence-electron chi connectivity index (χ2n) is 5.02. The molecular weight excluding hydrogens is 295 g/mol. The number of nitrogens with zero attached hydrogens (tertiary/aromatic N) is 2. The Morgan fingerprint density at radius 1 is 1.23 bits per heavy atom. The van der Waals surface area contributed by atoms with E-state index in [0.29, 0.717) is 25.5 Å². The summed E-state index contributed by atoms with van der Waals surface area (Å²) in [4.78, 5) is 8.10. The molecule has 1 unspecified atom stereocenters. The van der Waals surface area contributed by atoms with Crippen LogP contribution in [0.1, 0.15) is 28.6 Å². The zero-order chi connectivity index (χ0) is 15.6. The van der Waals surface area contributed by atoms with Gasteiger partial charge in [0.1, 0.15) is 0 Å². The van der Waals surface area contributed by atoms with E-state index < -0.39 is 11.7 Å². The molecule has 2 aromatic heterocycles. The SMILES string of the molecule is FC(F)(F)c1ccc(CNC2COCc3ncccc32)nc1. The van der Waals surface area contributed by atoms with Crippen molar-refractivity contribution in [1.29, 1.82) is 0 Å². The average Bonchev–Trinajstić information content (AvgIpc) is 2.52. The fourth-order valence-corrected chi connectivity index (χ4v) is 2.34. The molecule has 116 valence electrons. The van der Waals surface area contributed by atoms with Crippen molar-refractivity contribution in [3.8, 4) is 0 Å². The molecule has 1 aliphatic heterocycles. The van der Waals surface area contributed by atoms with Gasteiger partial charge in [0.2, 0.25) is 0 Å². The number of hydrogen-bond donors (Lipinski definition) is 1. The predicted octanol–water partition coefficient (Wildman–Crippen LogP) is 2.86. The quantitative estimate of drug-likeness (QED) is 0.947. The summed E-state index contributed by atoms with van der Waals surface area (Å²) in [7, 11) is 0. The van der Waals surface area contributed by atoms with E-state index in [9.17, 15) is 13.2 Å². The van der Waals surface area contributed by atoms with Gasteiger partial charge in [-0.05, 0) is 23.8 Å². The number of hydrogen-bond acceptors (Lipinski definition) is 4. The molecule has 3 rings (SSSR count). The van der Waals surface area contributed by atoms with E-state index in [2.05, 4.69) is 15.3 Å². The van der Waals surface area contributed by atoms with Gasteiger partial charge < -0.3 is 10.1 Å². The predicted molar refractivity (Wildman–Crippen MR) is 72.7 cm³/mol. The third-order valence-electron chi connectivity index (χ3n) is 3.51. The van der Waals surface area contributed by atoms with Crippen molar-refractivity contribution in [2.24, 2.45) is 0 Å². The zero-order valence-corrected chi connectivity index (χ0v) is 11.6. The number of ether oxygens (including phenoxy) is 1. The van der Waals surface area contributed by atoms with Gasteiger partial charge >= 0.3 is 6.18 Å². The molecule has 4 nitrogen and oxygen atoms in total. The van der Waals surface area contributed by atoms with Crippen molar-refractivity contribution in [3.05, 3.63) is 59.2 Å². The molecule has 0 fully saturated rings. The highest BCUT2D eigenvalue weighted by Gasteiger charge is 2.30. The number of nitrogens with one attached hydrogen (secondary N) is 1. The molecule has 0 spiro atoms. The maximum atomic E-state index is 12.5. The van der Waals surface area contributed by atoms with Gasteiger partial charge in [-0.15, -0.1) is 0 Å². The lowest BCUT2D eigenvalue weighted by Gasteiger charge is -2.25. The number of fused-ring (bicyclic) bond motifs is 1. The molecule has 1 aliphatic rings. The second-order valence-corrected chi connectivity index (χ2v) is 5.02. The van der Waals surface area contributed by atoms with Gasteiger partial charge in [0, 0.05) is 18.9 Å². The van der Waals surface area contributed by atoms with Crippen LogP contribution in [0.4, 0.5) is 13.2 Å². The van der Waals surface area contributed by atoms with Gasteiger partial charge in [-0.3, -0.25) is 9.97 Å². The molecule has 0 radical (unpaired) electrons. The zero-order valence-electron chi connectivity index (χ0n) is 11.6. The number of pyridine rings is 2. The first-order valence-corrected chi connectivity index (χ1v) is 6.81. The first kappa shape index (κ1) is 14.9. The molecule has 7 heteroatoms. The van der Waals surface area contributed by atoms with Crippen molar-refractivity contribution in [2.45, 2.75) is 25.4 Å². The van der Waals surface area contributed by atoms with Crippen LogP contribution in [0.15, 0.2) is 36.7 Å². The highest BCUT2D eigenvalue weighted by molar-refractivity contribution is 5.25. The van der Waals surface area contributed by atoms with Gasteiger partial charge in [-0.25, -0.2) is 0 Å². The highest BCUT2D eigenvalue weighted by atomic mass is 19.4. The minimum absolute atomic E-state index is 0.0402. The molecule has 0 saturated heterocycles. The molecular formula is C15H14F3N3O. The lowest BCUT2D eigenvalue weighted by Crippen LogP contribution is -2.30. The van der Waals surface area contributed by atoms with Crippen molar-refractivity contribution < 1.29 is 17.9 Å². The third-order valence-corrected chi connectivity index (χ3v) is 3.51. The molecule has 0 amide bonds. The van der Waals surface area contributed by atoms with Crippen LogP contribution in [0.25, 0.3) is 0 Å². The maximum absolute atomic E-state index is 12.5. The largest absolute Gasteiger partial charge is 0.417 e. The van der Waals surface area contributed by atoms with Crippen LogP contribution in [-0.4, -0.2) is 16.6 Å². The fourth-order valence-electron chi connectivity index (χ4n) is 2.34.